The number of rotatable bonds is 7. The zero-order chi connectivity index (χ0) is 24.1. The zero-order valence-corrected chi connectivity index (χ0v) is 18.8. The molecule has 1 fully saturated rings. The van der Waals surface area contributed by atoms with Crippen LogP contribution >= 0.6 is 0 Å². The molecule has 0 bridgehead atoms. The van der Waals surface area contributed by atoms with Crippen LogP contribution in [-0.2, 0) is 4.74 Å². The molecule has 33 heavy (non-hydrogen) atoms. The standard InChI is InChI=1S/C24H28F3N3O3/c1-14(17-5-4-6-18(21(17)25)22(26)27)28-23(31)19-13-15(24(32)33-3)7-8-20(19)29-16-9-11-30(2)12-10-16/h4-8,13-14,16,22,29H,9-12H2,1-3H3,(H,28,31)/t14-/m1/s1. The molecule has 1 atom stereocenters. The average molecular weight is 464 g/mol. The van der Waals surface area contributed by atoms with E-state index in [1.54, 1.807) is 12.1 Å². The highest BCUT2D eigenvalue weighted by Crippen LogP contribution is 2.28. The third-order valence-electron chi connectivity index (χ3n) is 5.87. The lowest BCUT2D eigenvalue weighted by Gasteiger charge is -2.30. The molecule has 2 N–H and O–H groups in total. The number of nitrogens with zero attached hydrogens (tertiary/aromatic N) is 1. The number of alkyl halides is 2. The predicted octanol–water partition coefficient (Wildman–Crippen LogP) is 4.55. The van der Waals surface area contributed by atoms with Gasteiger partial charge in [-0.2, -0.15) is 0 Å². The summed E-state index contributed by atoms with van der Waals surface area (Å²) in [6.45, 7) is 3.34. The van der Waals surface area contributed by atoms with E-state index in [0.717, 1.165) is 32.0 Å². The summed E-state index contributed by atoms with van der Waals surface area (Å²) < 4.78 is 45.5. The maximum absolute atomic E-state index is 14.6. The summed E-state index contributed by atoms with van der Waals surface area (Å²) >= 11 is 0. The lowest BCUT2D eigenvalue weighted by Crippen LogP contribution is -2.37. The Balaban J connectivity index is 1.86. The second kappa shape index (κ2) is 10.7. The summed E-state index contributed by atoms with van der Waals surface area (Å²) in [5.74, 6) is -2.21. The van der Waals surface area contributed by atoms with Crippen LogP contribution in [0.15, 0.2) is 36.4 Å². The molecule has 2 aromatic rings. The Morgan fingerprint density at radius 3 is 2.42 bits per heavy atom. The Hall–Kier alpha value is -3.07. The van der Waals surface area contributed by atoms with Crippen molar-refractivity contribution in [2.24, 2.45) is 0 Å². The second-order valence-corrected chi connectivity index (χ2v) is 8.22. The SMILES string of the molecule is COC(=O)c1ccc(NC2CCN(C)CC2)c(C(=O)N[C@H](C)c2cccc(C(F)F)c2F)c1. The number of piperidine rings is 1. The topological polar surface area (TPSA) is 70.7 Å². The van der Waals surface area contributed by atoms with E-state index >= 15 is 0 Å². The van der Waals surface area contributed by atoms with Gasteiger partial charge in [0.1, 0.15) is 5.82 Å². The van der Waals surface area contributed by atoms with E-state index in [9.17, 15) is 22.8 Å². The highest BCUT2D eigenvalue weighted by molar-refractivity contribution is 6.02. The zero-order valence-electron chi connectivity index (χ0n) is 18.8. The fourth-order valence-corrected chi connectivity index (χ4v) is 3.90. The van der Waals surface area contributed by atoms with Crippen molar-refractivity contribution in [2.75, 3.05) is 32.6 Å². The fourth-order valence-electron chi connectivity index (χ4n) is 3.90. The molecule has 0 spiro atoms. The Bertz CT molecular complexity index is 1010. The maximum atomic E-state index is 14.6. The first-order chi connectivity index (χ1) is 15.7. The Morgan fingerprint density at radius 2 is 1.79 bits per heavy atom. The van der Waals surface area contributed by atoms with Crippen LogP contribution in [0.2, 0.25) is 0 Å². The van der Waals surface area contributed by atoms with Crippen LogP contribution in [0.25, 0.3) is 0 Å². The minimum atomic E-state index is -2.96. The molecule has 0 radical (unpaired) electrons. The minimum Gasteiger partial charge on any atom is -0.465 e. The lowest BCUT2D eigenvalue weighted by atomic mass is 10.0. The average Bonchev–Trinajstić information content (AvgIpc) is 2.80. The molecule has 1 saturated heterocycles. The van der Waals surface area contributed by atoms with Gasteiger partial charge in [0.25, 0.3) is 12.3 Å². The Kier molecular flexibility index (Phi) is 7.97. The van der Waals surface area contributed by atoms with Crippen LogP contribution in [0, 0.1) is 5.82 Å². The van der Waals surface area contributed by atoms with Crippen LogP contribution in [0.5, 0.6) is 0 Å². The largest absolute Gasteiger partial charge is 0.465 e. The van der Waals surface area contributed by atoms with Gasteiger partial charge in [-0.15, -0.1) is 0 Å². The molecule has 1 aliphatic rings. The number of methoxy groups -OCH3 is 1. The van der Waals surface area contributed by atoms with Gasteiger partial charge in [0.15, 0.2) is 0 Å². The molecule has 2 aromatic carbocycles. The normalized spacial score (nSPS) is 15.8. The summed E-state index contributed by atoms with van der Waals surface area (Å²) in [6, 6.07) is 7.58. The van der Waals surface area contributed by atoms with Crippen LogP contribution in [0.4, 0.5) is 18.9 Å². The number of esters is 1. The molecule has 0 aromatic heterocycles. The van der Waals surface area contributed by atoms with E-state index < -0.39 is 35.7 Å². The first-order valence-corrected chi connectivity index (χ1v) is 10.8. The van der Waals surface area contributed by atoms with Gasteiger partial charge in [-0.1, -0.05) is 18.2 Å². The number of hydrogen-bond acceptors (Lipinski definition) is 5. The number of hydrogen-bond donors (Lipinski definition) is 2. The molecule has 0 aliphatic carbocycles. The number of ether oxygens (including phenoxy) is 1. The van der Waals surface area contributed by atoms with Gasteiger partial charge >= 0.3 is 5.97 Å². The molecule has 0 unspecified atom stereocenters. The number of carbonyl (C=O) groups is 2. The predicted molar refractivity (Wildman–Crippen MR) is 119 cm³/mol. The van der Waals surface area contributed by atoms with Gasteiger partial charge in [-0.3, -0.25) is 4.79 Å². The van der Waals surface area contributed by atoms with Gasteiger partial charge in [0.05, 0.1) is 29.8 Å². The van der Waals surface area contributed by atoms with Crippen molar-refractivity contribution in [1.29, 1.82) is 0 Å². The van der Waals surface area contributed by atoms with Gasteiger partial charge in [-0.25, -0.2) is 18.0 Å². The number of amides is 1. The molecule has 0 saturated carbocycles. The monoisotopic (exact) mass is 463 g/mol. The van der Waals surface area contributed by atoms with Crippen molar-refractivity contribution in [1.82, 2.24) is 10.2 Å². The molecule has 1 amide bonds. The summed E-state index contributed by atoms with van der Waals surface area (Å²) in [7, 11) is 3.29. The highest BCUT2D eigenvalue weighted by Gasteiger charge is 2.24. The van der Waals surface area contributed by atoms with Crippen molar-refractivity contribution >= 4 is 17.6 Å². The molecular formula is C24H28F3N3O3. The van der Waals surface area contributed by atoms with Crippen molar-refractivity contribution in [3.05, 3.63) is 64.5 Å². The van der Waals surface area contributed by atoms with E-state index in [-0.39, 0.29) is 22.7 Å². The number of nitrogens with one attached hydrogen (secondary N) is 2. The minimum absolute atomic E-state index is 0.0462. The quantitative estimate of drug-likeness (QED) is 0.590. The molecule has 9 heteroatoms. The van der Waals surface area contributed by atoms with Gasteiger partial charge in [0.2, 0.25) is 0 Å². The van der Waals surface area contributed by atoms with Gasteiger partial charge < -0.3 is 20.3 Å². The van der Waals surface area contributed by atoms with E-state index in [1.807, 2.05) is 7.05 Å². The number of benzene rings is 2. The number of halogens is 3. The third kappa shape index (κ3) is 5.84. The van der Waals surface area contributed by atoms with Crippen LogP contribution in [0.1, 0.15) is 64.1 Å². The molecule has 6 nitrogen and oxygen atoms in total. The van der Waals surface area contributed by atoms with Gasteiger partial charge in [-0.05, 0) is 58.1 Å². The second-order valence-electron chi connectivity index (χ2n) is 8.22. The summed E-state index contributed by atoms with van der Waals surface area (Å²) in [5, 5.41) is 6.03. The Labute approximate surface area is 191 Å². The summed E-state index contributed by atoms with van der Waals surface area (Å²) in [4.78, 5) is 27.4. The summed E-state index contributed by atoms with van der Waals surface area (Å²) in [5.41, 5.74) is 0.147. The van der Waals surface area contributed by atoms with Crippen LogP contribution < -0.4 is 10.6 Å². The summed E-state index contributed by atoms with van der Waals surface area (Å²) in [6.07, 6.45) is -1.19. The van der Waals surface area contributed by atoms with E-state index in [0.29, 0.717) is 5.69 Å². The van der Waals surface area contributed by atoms with E-state index in [2.05, 4.69) is 15.5 Å². The van der Waals surface area contributed by atoms with E-state index in [1.165, 1.54) is 32.2 Å². The maximum Gasteiger partial charge on any atom is 0.337 e. The molecular weight excluding hydrogens is 435 g/mol. The lowest BCUT2D eigenvalue weighted by molar-refractivity contribution is 0.0600. The third-order valence-corrected chi connectivity index (χ3v) is 5.87. The fraction of sp³-hybridized carbons (Fsp3) is 0.417. The number of carbonyl (C=O) groups excluding carboxylic acids is 2. The number of likely N-dealkylation sites (tertiary alicyclic amines) is 1. The molecule has 178 valence electrons. The van der Waals surface area contributed by atoms with Crippen molar-refractivity contribution < 1.29 is 27.5 Å². The molecule has 1 aliphatic heterocycles. The first kappa shape index (κ1) is 24.6. The smallest absolute Gasteiger partial charge is 0.337 e. The Morgan fingerprint density at radius 1 is 1.12 bits per heavy atom. The van der Waals surface area contributed by atoms with Crippen molar-refractivity contribution in [3.63, 3.8) is 0 Å². The van der Waals surface area contributed by atoms with E-state index in [4.69, 9.17) is 4.74 Å². The molecule has 3 rings (SSSR count). The van der Waals surface area contributed by atoms with Crippen molar-refractivity contribution in [3.8, 4) is 0 Å². The van der Waals surface area contributed by atoms with Crippen LogP contribution in [-0.4, -0.2) is 50.1 Å². The molecule has 1 heterocycles. The first-order valence-electron chi connectivity index (χ1n) is 10.8. The highest BCUT2D eigenvalue weighted by atomic mass is 19.3. The van der Waals surface area contributed by atoms with Crippen LogP contribution in [0.3, 0.4) is 0 Å². The number of anilines is 1. The van der Waals surface area contributed by atoms with Gasteiger partial charge in [0, 0.05) is 17.3 Å². The van der Waals surface area contributed by atoms with Crippen molar-refractivity contribution in [2.45, 2.75) is 38.3 Å².